The molecule has 1 N–H and O–H groups in total. The molecule has 3 fully saturated rings. The fourth-order valence-corrected chi connectivity index (χ4v) is 5.06. The van der Waals surface area contributed by atoms with Crippen LogP contribution in [0.3, 0.4) is 0 Å². The molecule has 2 aliphatic carbocycles. The Morgan fingerprint density at radius 3 is 2.31 bits per heavy atom. The van der Waals surface area contributed by atoms with Crippen molar-refractivity contribution in [1.29, 1.82) is 0 Å². The molecule has 3 amide bonds. The number of amides is 3. The Hall–Kier alpha value is -2.64. The van der Waals surface area contributed by atoms with E-state index in [1.54, 1.807) is 0 Å². The summed E-state index contributed by atoms with van der Waals surface area (Å²) in [6, 6.07) is 3.63. The first-order chi connectivity index (χ1) is 13.6. The van der Waals surface area contributed by atoms with Crippen LogP contribution in [0.25, 0.3) is 0 Å². The zero-order valence-corrected chi connectivity index (χ0v) is 15.9. The molecule has 3 aliphatic rings. The van der Waals surface area contributed by atoms with Crippen molar-refractivity contribution in [2.24, 2.45) is 35.5 Å². The molecule has 2 unspecified atom stereocenters. The predicted octanol–water partition coefficient (Wildman–Crippen LogP) is 3.43. The van der Waals surface area contributed by atoms with Crippen molar-refractivity contribution in [3.63, 3.8) is 0 Å². The Balaban J connectivity index is 1.54. The van der Waals surface area contributed by atoms with Gasteiger partial charge in [0.05, 0.1) is 17.4 Å². The van der Waals surface area contributed by atoms with Crippen LogP contribution in [0.4, 0.5) is 13.2 Å². The maximum absolute atomic E-state index is 13.0. The molecular weight excluding hydrogens is 385 g/mol. The van der Waals surface area contributed by atoms with Crippen LogP contribution in [0.2, 0.25) is 0 Å². The Bertz CT molecular complexity index is 893. The molecule has 2 saturated carbocycles. The van der Waals surface area contributed by atoms with Crippen LogP contribution in [0.1, 0.15) is 36.2 Å². The molecule has 154 valence electrons. The minimum absolute atomic E-state index is 0.0318. The number of nitrogens with one attached hydrogen (secondary N) is 1. The Morgan fingerprint density at radius 1 is 1.10 bits per heavy atom. The quantitative estimate of drug-likeness (QED) is 0.618. The standard InChI is InChI=1S/C21H21F3N2O3/c1-3-4-13-15-9-14(15)10(2)16-17(13)20(29)26(19(16)28)25-18(27)11-5-7-12(8-6-11)21(22,23)24/h3-8,10,13-17H,9H2,1-2H3,(H,25,27)/b4-3-/t10?,13?,14-,15+,16+,17-/m1/s1. The largest absolute Gasteiger partial charge is 0.416 e. The van der Waals surface area contributed by atoms with Crippen molar-refractivity contribution in [2.45, 2.75) is 26.4 Å². The van der Waals surface area contributed by atoms with E-state index < -0.39 is 41.3 Å². The minimum Gasteiger partial charge on any atom is -0.272 e. The van der Waals surface area contributed by atoms with Gasteiger partial charge in [0, 0.05) is 5.56 Å². The van der Waals surface area contributed by atoms with Crippen LogP contribution in [0.5, 0.6) is 0 Å². The summed E-state index contributed by atoms with van der Waals surface area (Å²) in [5.74, 6) is -1.87. The van der Waals surface area contributed by atoms with Crippen LogP contribution in [0.15, 0.2) is 36.4 Å². The number of imide groups is 1. The zero-order valence-electron chi connectivity index (χ0n) is 15.9. The van der Waals surface area contributed by atoms with E-state index in [-0.39, 0.29) is 17.4 Å². The summed E-state index contributed by atoms with van der Waals surface area (Å²) < 4.78 is 38.1. The molecule has 1 aromatic carbocycles. The number of hydrazine groups is 1. The highest BCUT2D eigenvalue weighted by Gasteiger charge is 2.64. The van der Waals surface area contributed by atoms with E-state index in [1.165, 1.54) is 0 Å². The Kier molecular flexibility index (Phi) is 4.55. The topological polar surface area (TPSA) is 66.5 Å². The third-order valence-corrected chi connectivity index (χ3v) is 6.54. The molecule has 1 aromatic rings. The number of halogens is 3. The third-order valence-electron chi connectivity index (χ3n) is 6.54. The van der Waals surface area contributed by atoms with Gasteiger partial charge in [-0.2, -0.15) is 18.2 Å². The van der Waals surface area contributed by atoms with Gasteiger partial charge < -0.3 is 0 Å². The number of carbonyl (C=O) groups is 3. The minimum atomic E-state index is -4.51. The van der Waals surface area contributed by atoms with E-state index in [9.17, 15) is 27.6 Å². The van der Waals surface area contributed by atoms with Gasteiger partial charge in [-0.1, -0.05) is 19.1 Å². The second-order valence-corrected chi connectivity index (χ2v) is 8.11. The molecule has 0 aromatic heterocycles. The lowest BCUT2D eigenvalue weighted by Gasteiger charge is -2.32. The molecule has 0 radical (unpaired) electrons. The number of alkyl halides is 3. The number of benzene rings is 1. The number of hydrogen-bond acceptors (Lipinski definition) is 3. The molecule has 29 heavy (non-hydrogen) atoms. The fourth-order valence-electron chi connectivity index (χ4n) is 5.06. The van der Waals surface area contributed by atoms with Crippen molar-refractivity contribution < 1.29 is 27.6 Å². The number of rotatable bonds is 3. The average Bonchev–Trinajstić information content (AvgIpc) is 3.43. The zero-order chi connectivity index (χ0) is 21.1. The van der Waals surface area contributed by atoms with Gasteiger partial charge in [-0.25, -0.2) is 0 Å². The van der Waals surface area contributed by atoms with Gasteiger partial charge in [0.2, 0.25) is 0 Å². The third kappa shape index (κ3) is 3.14. The monoisotopic (exact) mass is 406 g/mol. The number of hydrogen-bond donors (Lipinski definition) is 1. The molecule has 1 saturated heterocycles. The Labute approximate surface area is 165 Å². The number of allylic oxidation sites excluding steroid dienone is 2. The summed E-state index contributed by atoms with van der Waals surface area (Å²) >= 11 is 0. The van der Waals surface area contributed by atoms with E-state index in [2.05, 4.69) is 5.43 Å². The molecule has 1 heterocycles. The van der Waals surface area contributed by atoms with E-state index in [0.29, 0.717) is 11.8 Å². The van der Waals surface area contributed by atoms with E-state index in [1.807, 2.05) is 26.0 Å². The van der Waals surface area contributed by atoms with Crippen molar-refractivity contribution in [2.75, 3.05) is 0 Å². The average molecular weight is 406 g/mol. The molecule has 0 spiro atoms. The molecule has 8 heteroatoms. The van der Waals surface area contributed by atoms with Crippen molar-refractivity contribution in [1.82, 2.24) is 10.4 Å². The van der Waals surface area contributed by atoms with Crippen molar-refractivity contribution in [3.8, 4) is 0 Å². The lowest BCUT2D eigenvalue weighted by Crippen LogP contribution is -2.47. The van der Waals surface area contributed by atoms with Gasteiger partial charge in [-0.05, 0) is 61.3 Å². The van der Waals surface area contributed by atoms with Crippen LogP contribution in [0, 0.1) is 35.5 Å². The molecule has 5 nitrogen and oxygen atoms in total. The van der Waals surface area contributed by atoms with Crippen molar-refractivity contribution in [3.05, 3.63) is 47.5 Å². The smallest absolute Gasteiger partial charge is 0.272 e. The fraction of sp³-hybridized carbons (Fsp3) is 0.476. The molecule has 0 bridgehead atoms. The maximum Gasteiger partial charge on any atom is 0.416 e. The summed E-state index contributed by atoms with van der Waals surface area (Å²) in [6.45, 7) is 3.84. The summed E-state index contributed by atoms with van der Waals surface area (Å²) in [5.41, 5.74) is 1.37. The lowest BCUT2D eigenvalue weighted by molar-refractivity contribution is -0.143. The second-order valence-electron chi connectivity index (χ2n) is 8.11. The van der Waals surface area contributed by atoms with Crippen LogP contribution < -0.4 is 5.43 Å². The van der Waals surface area contributed by atoms with Crippen LogP contribution in [-0.2, 0) is 15.8 Å². The highest BCUT2D eigenvalue weighted by molar-refractivity contribution is 6.08. The highest BCUT2D eigenvalue weighted by Crippen LogP contribution is 2.62. The highest BCUT2D eigenvalue weighted by atomic mass is 19.4. The van der Waals surface area contributed by atoms with E-state index in [4.69, 9.17) is 0 Å². The predicted molar refractivity (Wildman–Crippen MR) is 96.8 cm³/mol. The van der Waals surface area contributed by atoms with Gasteiger partial charge in [-0.15, -0.1) is 0 Å². The van der Waals surface area contributed by atoms with Gasteiger partial charge in [-0.3, -0.25) is 19.8 Å². The second kappa shape index (κ2) is 6.71. The van der Waals surface area contributed by atoms with Gasteiger partial charge >= 0.3 is 6.18 Å². The van der Waals surface area contributed by atoms with Gasteiger partial charge in [0.15, 0.2) is 0 Å². The summed E-state index contributed by atoms with van der Waals surface area (Å²) in [4.78, 5) is 38.4. The number of fused-ring (bicyclic) bond motifs is 2. The molecule has 6 atom stereocenters. The SMILES string of the molecule is C/C=C\C1[C@H]2C(=O)N(NC(=O)c3ccc(C(F)(F)F)cc3)C(=O)[C@H]2C(C)[C@H]2C[C@@H]12. The molecular formula is C21H21F3N2O3. The number of carbonyl (C=O) groups excluding carboxylic acids is 3. The Morgan fingerprint density at radius 2 is 1.72 bits per heavy atom. The van der Waals surface area contributed by atoms with Gasteiger partial charge in [0.25, 0.3) is 17.7 Å². The van der Waals surface area contributed by atoms with E-state index >= 15 is 0 Å². The van der Waals surface area contributed by atoms with Gasteiger partial charge in [0.1, 0.15) is 0 Å². The lowest BCUT2D eigenvalue weighted by atomic mass is 9.68. The first-order valence-corrected chi connectivity index (χ1v) is 9.64. The molecule has 4 rings (SSSR count). The molecule has 1 aliphatic heterocycles. The van der Waals surface area contributed by atoms with Crippen LogP contribution in [-0.4, -0.2) is 22.7 Å². The van der Waals surface area contributed by atoms with Crippen molar-refractivity contribution >= 4 is 17.7 Å². The summed E-state index contributed by atoms with van der Waals surface area (Å²) in [5, 5.41) is 0.771. The summed E-state index contributed by atoms with van der Waals surface area (Å²) in [7, 11) is 0. The normalized spacial score (nSPS) is 33.6. The van der Waals surface area contributed by atoms with E-state index in [0.717, 1.165) is 35.7 Å². The first kappa shape index (κ1) is 19.7. The van der Waals surface area contributed by atoms with Crippen LogP contribution >= 0.6 is 0 Å². The maximum atomic E-state index is 13.0. The number of nitrogens with zero attached hydrogens (tertiary/aromatic N) is 1. The first-order valence-electron chi connectivity index (χ1n) is 9.64. The summed E-state index contributed by atoms with van der Waals surface area (Å²) in [6.07, 6.45) is 0.348.